The highest BCUT2D eigenvalue weighted by Crippen LogP contribution is 2.33. The van der Waals surface area contributed by atoms with E-state index < -0.39 is 18.2 Å². The van der Waals surface area contributed by atoms with Gasteiger partial charge in [-0.25, -0.2) is 4.79 Å². The first-order valence-corrected chi connectivity index (χ1v) is 13.7. The maximum atomic E-state index is 13.0. The number of rotatable bonds is 11. The van der Waals surface area contributed by atoms with Gasteiger partial charge in [0.15, 0.2) is 6.29 Å². The summed E-state index contributed by atoms with van der Waals surface area (Å²) in [5.74, 6) is 0.190. The number of nitrogens with zero attached hydrogens (tertiary/aromatic N) is 1. The second-order valence-electron chi connectivity index (χ2n) is 10.4. The molecule has 0 spiro atoms. The van der Waals surface area contributed by atoms with Crippen LogP contribution in [0.2, 0.25) is 0 Å². The molecule has 3 aliphatic rings. The lowest BCUT2D eigenvalue weighted by Gasteiger charge is -2.33. The quantitative estimate of drug-likeness (QED) is 0.368. The topological polar surface area (TPSA) is 119 Å². The molecule has 0 aromatic heterocycles. The summed E-state index contributed by atoms with van der Waals surface area (Å²) in [5, 5.41) is 26.0. The Morgan fingerprint density at radius 1 is 1.03 bits per heavy atom. The van der Waals surface area contributed by atoms with Crippen molar-refractivity contribution in [1.29, 1.82) is 0 Å². The Morgan fingerprint density at radius 2 is 1.82 bits per heavy atom. The van der Waals surface area contributed by atoms with Crippen molar-refractivity contribution in [2.24, 2.45) is 5.92 Å². The smallest absolute Gasteiger partial charge is 0.407 e. The van der Waals surface area contributed by atoms with Crippen LogP contribution in [0, 0.1) is 5.92 Å². The van der Waals surface area contributed by atoms with Crippen LogP contribution in [0.1, 0.15) is 30.4 Å². The number of aromatic hydroxyl groups is 1. The summed E-state index contributed by atoms with van der Waals surface area (Å²) in [6.45, 7) is 2.62. The van der Waals surface area contributed by atoms with Gasteiger partial charge in [0.05, 0.1) is 43.9 Å². The predicted molar refractivity (Wildman–Crippen MR) is 141 cm³/mol. The second-order valence-corrected chi connectivity index (χ2v) is 10.4. The third-order valence-electron chi connectivity index (χ3n) is 7.44. The van der Waals surface area contributed by atoms with Crippen molar-refractivity contribution < 1.29 is 38.8 Å². The molecule has 3 aliphatic heterocycles. The molecule has 212 valence electrons. The number of hydroxylamine groups is 2. The normalized spacial score (nSPS) is 24.8. The van der Waals surface area contributed by atoms with E-state index in [4.69, 9.17) is 23.8 Å². The number of carbonyl (C=O) groups is 1. The number of ether oxygens (including phenoxy) is 4. The summed E-state index contributed by atoms with van der Waals surface area (Å²) in [4.78, 5) is 19.3. The van der Waals surface area contributed by atoms with Crippen molar-refractivity contribution in [3.05, 3.63) is 65.7 Å². The lowest BCUT2D eigenvalue weighted by molar-refractivity contribution is -0.231. The van der Waals surface area contributed by atoms with E-state index in [0.717, 1.165) is 30.4 Å². The van der Waals surface area contributed by atoms with Gasteiger partial charge in [-0.2, -0.15) is 5.06 Å². The van der Waals surface area contributed by atoms with Crippen LogP contribution in [0.25, 0.3) is 0 Å². The largest absolute Gasteiger partial charge is 0.508 e. The molecule has 10 nitrogen and oxygen atoms in total. The first-order chi connectivity index (χ1) is 19.0. The highest BCUT2D eigenvalue weighted by atomic mass is 16.7. The van der Waals surface area contributed by atoms with Gasteiger partial charge < -0.3 is 34.5 Å². The molecule has 10 heteroatoms. The minimum atomic E-state index is -0.975. The van der Waals surface area contributed by atoms with Gasteiger partial charge in [-0.15, -0.1) is 0 Å². The predicted octanol–water partition coefficient (Wildman–Crippen LogP) is 2.76. The molecular weight excluding hydrogens is 504 g/mol. The number of nitrogens with one attached hydrogen (secondary N) is 1. The van der Waals surface area contributed by atoms with Crippen molar-refractivity contribution in [3.8, 4) is 5.75 Å². The molecule has 3 heterocycles. The van der Waals surface area contributed by atoms with Crippen LogP contribution in [0.3, 0.4) is 0 Å². The summed E-state index contributed by atoms with van der Waals surface area (Å²) >= 11 is 0. The summed E-state index contributed by atoms with van der Waals surface area (Å²) in [5.41, 5.74) is 1.82. The number of phenolic OH excluding ortho intramolecular Hbond substituents is 1. The molecule has 5 unspecified atom stereocenters. The average molecular weight is 543 g/mol. The second kappa shape index (κ2) is 13.6. The van der Waals surface area contributed by atoms with Gasteiger partial charge in [-0.05, 0) is 48.9 Å². The van der Waals surface area contributed by atoms with Crippen molar-refractivity contribution >= 4 is 6.09 Å². The van der Waals surface area contributed by atoms with E-state index in [-0.39, 0.29) is 36.7 Å². The van der Waals surface area contributed by atoms with E-state index in [9.17, 15) is 15.0 Å². The molecule has 0 aliphatic carbocycles. The van der Waals surface area contributed by atoms with E-state index in [1.54, 1.807) is 23.3 Å². The molecule has 3 N–H and O–H groups in total. The maximum absolute atomic E-state index is 13.0. The first kappa shape index (κ1) is 27.8. The zero-order valence-corrected chi connectivity index (χ0v) is 22.0. The van der Waals surface area contributed by atoms with Crippen molar-refractivity contribution in [3.63, 3.8) is 0 Å². The summed E-state index contributed by atoms with van der Waals surface area (Å²) in [6, 6.07) is 16.0. The molecular formula is C29H38N2O8. The Bertz CT molecular complexity index is 1050. The third-order valence-corrected chi connectivity index (χ3v) is 7.44. The number of carbonyl (C=O) groups excluding carboxylic acids is 1. The number of hydrogen-bond donors (Lipinski definition) is 3. The van der Waals surface area contributed by atoms with Crippen LogP contribution in [0.15, 0.2) is 54.6 Å². The standard InChI is InChI=1S/C29H38N2O8/c32-22-8-4-7-21(15-22)17-31(39-23-9-12-35-13-10-23)18-26(33)25(16-20-5-2-1-3-6-20)30-29(34)38-27-19-37-28-24(27)11-14-36-28/h1-8,15,23-28,32-33H,9-14,16-19H2,(H,30,34). The lowest BCUT2D eigenvalue weighted by Crippen LogP contribution is -2.51. The SMILES string of the molecule is O=C(NC(Cc1ccccc1)C(O)CN(Cc1cccc(O)c1)OC1CCOCC1)OC1COC2OCCC12. The Labute approximate surface area is 228 Å². The highest BCUT2D eigenvalue weighted by Gasteiger charge is 2.44. The van der Waals surface area contributed by atoms with Crippen molar-refractivity contribution in [2.75, 3.05) is 33.0 Å². The van der Waals surface area contributed by atoms with Crippen molar-refractivity contribution in [1.82, 2.24) is 10.4 Å². The van der Waals surface area contributed by atoms with Crippen LogP contribution in [0.5, 0.6) is 5.75 Å². The van der Waals surface area contributed by atoms with Crippen LogP contribution < -0.4 is 5.32 Å². The number of benzene rings is 2. The molecule has 0 radical (unpaired) electrons. The van der Waals surface area contributed by atoms with Gasteiger partial charge in [0.2, 0.25) is 0 Å². The van der Waals surface area contributed by atoms with E-state index in [1.165, 1.54) is 0 Å². The third kappa shape index (κ3) is 7.91. The van der Waals surface area contributed by atoms with Gasteiger partial charge in [-0.1, -0.05) is 42.5 Å². The molecule has 0 saturated carbocycles. The van der Waals surface area contributed by atoms with Crippen molar-refractivity contribution in [2.45, 2.75) is 62.9 Å². The van der Waals surface area contributed by atoms with E-state index >= 15 is 0 Å². The Kier molecular flexibility index (Phi) is 9.67. The molecule has 2 aromatic carbocycles. The fourth-order valence-electron chi connectivity index (χ4n) is 5.35. The molecule has 0 bridgehead atoms. The number of hydrogen-bond acceptors (Lipinski definition) is 9. The van der Waals surface area contributed by atoms with E-state index in [1.807, 2.05) is 36.4 Å². The zero-order valence-electron chi connectivity index (χ0n) is 22.0. The number of aliphatic hydroxyl groups is 1. The van der Waals surface area contributed by atoms with Gasteiger partial charge in [0.1, 0.15) is 11.9 Å². The molecule has 1 amide bonds. The number of fused-ring (bicyclic) bond motifs is 1. The number of phenols is 1. The molecule has 5 atom stereocenters. The van der Waals surface area contributed by atoms with E-state index in [2.05, 4.69) is 5.32 Å². The van der Waals surface area contributed by atoms with Crippen LogP contribution in [-0.2, 0) is 36.8 Å². The average Bonchev–Trinajstić information content (AvgIpc) is 3.55. The van der Waals surface area contributed by atoms with Gasteiger partial charge >= 0.3 is 6.09 Å². The number of aliphatic hydroxyl groups excluding tert-OH is 1. The Hall–Kier alpha value is -2.73. The number of amides is 1. The monoisotopic (exact) mass is 542 g/mol. The van der Waals surface area contributed by atoms with Gasteiger partial charge in [-0.3, -0.25) is 4.84 Å². The van der Waals surface area contributed by atoms with E-state index in [0.29, 0.717) is 39.4 Å². The fraction of sp³-hybridized carbons (Fsp3) is 0.552. The van der Waals surface area contributed by atoms with Gasteiger partial charge in [0.25, 0.3) is 0 Å². The Morgan fingerprint density at radius 3 is 2.62 bits per heavy atom. The first-order valence-electron chi connectivity index (χ1n) is 13.7. The number of alkyl carbamates (subject to hydrolysis) is 1. The highest BCUT2D eigenvalue weighted by molar-refractivity contribution is 5.68. The summed E-state index contributed by atoms with van der Waals surface area (Å²) in [6.07, 6.45) is 0.376. The van der Waals surface area contributed by atoms with Gasteiger partial charge in [0, 0.05) is 19.8 Å². The van der Waals surface area contributed by atoms with Crippen LogP contribution in [0.4, 0.5) is 4.79 Å². The molecule has 39 heavy (non-hydrogen) atoms. The van der Waals surface area contributed by atoms with Crippen LogP contribution in [-0.4, -0.2) is 85.0 Å². The minimum absolute atomic E-state index is 0.0268. The fourth-order valence-corrected chi connectivity index (χ4v) is 5.35. The summed E-state index contributed by atoms with van der Waals surface area (Å²) in [7, 11) is 0. The Balaban J connectivity index is 1.27. The molecule has 3 fully saturated rings. The molecule has 2 aromatic rings. The maximum Gasteiger partial charge on any atom is 0.407 e. The van der Waals surface area contributed by atoms with Crippen LogP contribution >= 0.6 is 0 Å². The lowest BCUT2D eigenvalue weighted by atomic mass is 10.0. The molecule has 5 rings (SSSR count). The summed E-state index contributed by atoms with van der Waals surface area (Å²) < 4.78 is 22.3. The zero-order chi connectivity index (χ0) is 27.0. The molecule has 3 saturated heterocycles. The minimum Gasteiger partial charge on any atom is -0.508 e.